The van der Waals surface area contributed by atoms with E-state index in [1.807, 2.05) is 6.92 Å². The summed E-state index contributed by atoms with van der Waals surface area (Å²) >= 11 is 3.23. The van der Waals surface area contributed by atoms with E-state index in [4.69, 9.17) is 0 Å². The molecule has 1 heterocycles. The lowest BCUT2D eigenvalue weighted by atomic mass is 10.1. The fraction of sp³-hybridized carbons (Fsp3) is 0.0714. The molecule has 19 heavy (non-hydrogen) atoms. The molecule has 5 heteroatoms. The van der Waals surface area contributed by atoms with Crippen LogP contribution in [0.15, 0.2) is 47.0 Å². The predicted molar refractivity (Wildman–Crippen MR) is 74.9 cm³/mol. The normalized spacial score (nSPS) is 14.7. The number of carbonyl (C=O) groups is 3. The van der Waals surface area contributed by atoms with Crippen molar-refractivity contribution in [3.63, 3.8) is 0 Å². The van der Waals surface area contributed by atoms with Crippen LogP contribution in [0.4, 0.5) is 5.69 Å². The first-order chi connectivity index (χ1) is 9.06. The zero-order valence-electron chi connectivity index (χ0n) is 10.1. The smallest absolute Gasteiger partial charge is 0.283 e. The van der Waals surface area contributed by atoms with Gasteiger partial charge in [-0.1, -0.05) is 34.2 Å². The van der Waals surface area contributed by atoms with Gasteiger partial charge in [0.05, 0.1) is 11.3 Å². The Bertz CT molecular complexity index is 632. The molecular weight excluding hydrogens is 310 g/mol. The van der Waals surface area contributed by atoms with Gasteiger partial charge in [0.2, 0.25) is 0 Å². The SMILES string of the molecule is CC=CC=CC(=O)N1C(=O)C(=O)c2cc(Br)ccc21. The van der Waals surface area contributed by atoms with Crippen molar-refractivity contribution in [3.05, 3.63) is 52.5 Å². The standard InChI is InChI=1S/C14H10BrNO3/c1-2-3-4-5-12(17)16-11-7-6-9(15)8-10(11)13(18)14(16)19/h2-8H,1H3. The van der Waals surface area contributed by atoms with Crippen molar-refractivity contribution < 1.29 is 14.4 Å². The number of rotatable bonds is 2. The first kappa shape index (κ1) is 13.4. The minimum Gasteiger partial charge on any atom is -0.283 e. The molecule has 1 aromatic rings. The quantitative estimate of drug-likeness (QED) is 0.478. The molecule has 1 aliphatic heterocycles. The first-order valence-electron chi connectivity index (χ1n) is 5.58. The van der Waals surface area contributed by atoms with Crippen LogP contribution in [0.5, 0.6) is 0 Å². The molecule has 0 saturated heterocycles. The van der Waals surface area contributed by atoms with Crippen molar-refractivity contribution in [2.24, 2.45) is 0 Å². The highest BCUT2D eigenvalue weighted by Gasteiger charge is 2.38. The van der Waals surface area contributed by atoms with Crippen molar-refractivity contribution in [1.82, 2.24) is 0 Å². The maximum Gasteiger partial charge on any atom is 0.306 e. The van der Waals surface area contributed by atoms with Crippen LogP contribution in [0.2, 0.25) is 0 Å². The number of halogens is 1. The lowest BCUT2D eigenvalue weighted by Gasteiger charge is -2.11. The van der Waals surface area contributed by atoms with E-state index >= 15 is 0 Å². The molecule has 0 aromatic heterocycles. The Kier molecular flexibility index (Phi) is 3.76. The van der Waals surface area contributed by atoms with E-state index in [0.717, 1.165) is 4.90 Å². The van der Waals surface area contributed by atoms with Crippen LogP contribution in [0, 0.1) is 0 Å². The van der Waals surface area contributed by atoms with E-state index in [1.54, 1.807) is 30.4 Å². The summed E-state index contributed by atoms with van der Waals surface area (Å²) in [5.74, 6) is -2.01. The summed E-state index contributed by atoms with van der Waals surface area (Å²) in [6.45, 7) is 1.81. The molecule has 1 aliphatic rings. The molecule has 0 N–H and O–H groups in total. The summed E-state index contributed by atoms with van der Waals surface area (Å²) in [7, 11) is 0. The van der Waals surface area contributed by atoms with E-state index in [1.165, 1.54) is 12.2 Å². The third-order valence-electron chi connectivity index (χ3n) is 2.60. The van der Waals surface area contributed by atoms with E-state index in [9.17, 15) is 14.4 Å². The monoisotopic (exact) mass is 319 g/mol. The Morgan fingerprint density at radius 2 is 2.00 bits per heavy atom. The molecule has 0 bridgehead atoms. The lowest BCUT2D eigenvalue weighted by Crippen LogP contribution is -2.34. The number of carbonyl (C=O) groups excluding carboxylic acids is 3. The highest BCUT2D eigenvalue weighted by molar-refractivity contribution is 9.10. The van der Waals surface area contributed by atoms with Crippen molar-refractivity contribution in [3.8, 4) is 0 Å². The van der Waals surface area contributed by atoms with Gasteiger partial charge in [-0.3, -0.25) is 14.4 Å². The third kappa shape index (κ3) is 2.42. The Labute approximate surface area is 118 Å². The molecule has 0 spiro atoms. The molecule has 4 nitrogen and oxygen atoms in total. The Balaban J connectivity index is 2.41. The molecule has 2 amide bonds. The van der Waals surface area contributed by atoms with Gasteiger partial charge in [-0.05, 0) is 25.1 Å². The van der Waals surface area contributed by atoms with E-state index in [-0.39, 0.29) is 5.56 Å². The van der Waals surface area contributed by atoms with Crippen molar-refractivity contribution in [1.29, 1.82) is 0 Å². The number of hydrogen-bond donors (Lipinski definition) is 0. The minimum atomic E-state index is -0.816. The number of anilines is 1. The van der Waals surface area contributed by atoms with Gasteiger partial charge in [-0.25, -0.2) is 4.90 Å². The molecule has 0 fully saturated rings. The number of nitrogens with zero attached hydrogens (tertiary/aromatic N) is 1. The molecule has 2 rings (SSSR count). The summed E-state index contributed by atoms with van der Waals surface area (Å²) < 4.78 is 0.686. The van der Waals surface area contributed by atoms with Gasteiger partial charge < -0.3 is 0 Å². The second-order valence-corrected chi connectivity index (χ2v) is 4.77. The number of benzene rings is 1. The fourth-order valence-electron chi connectivity index (χ4n) is 1.75. The van der Waals surface area contributed by atoms with Gasteiger partial charge in [0.15, 0.2) is 0 Å². The van der Waals surface area contributed by atoms with Crippen LogP contribution in [0.1, 0.15) is 17.3 Å². The maximum atomic E-state index is 11.9. The maximum absolute atomic E-state index is 11.9. The van der Waals surface area contributed by atoms with Crippen molar-refractivity contribution >= 4 is 39.2 Å². The number of amides is 2. The van der Waals surface area contributed by atoms with Gasteiger partial charge in [0.1, 0.15) is 0 Å². The average Bonchev–Trinajstić information content (AvgIpc) is 2.63. The summed E-state index contributed by atoms with van der Waals surface area (Å²) in [5.41, 5.74) is 0.570. The summed E-state index contributed by atoms with van der Waals surface area (Å²) in [5, 5.41) is 0. The summed E-state index contributed by atoms with van der Waals surface area (Å²) in [4.78, 5) is 36.5. The largest absolute Gasteiger partial charge is 0.306 e. The van der Waals surface area contributed by atoms with Crippen LogP contribution < -0.4 is 4.90 Å². The van der Waals surface area contributed by atoms with Crippen molar-refractivity contribution in [2.45, 2.75) is 6.92 Å². The Morgan fingerprint density at radius 1 is 1.26 bits per heavy atom. The molecule has 1 aromatic carbocycles. The molecule has 0 radical (unpaired) electrons. The van der Waals surface area contributed by atoms with E-state index in [2.05, 4.69) is 15.9 Å². The van der Waals surface area contributed by atoms with Gasteiger partial charge in [0.25, 0.3) is 11.7 Å². The second kappa shape index (κ2) is 5.32. The second-order valence-electron chi connectivity index (χ2n) is 3.85. The number of fused-ring (bicyclic) bond motifs is 1. The van der Waals surface area contributed by atoms with Crippen LogP contribution in [0.3, 0.4) is 0 Å². The van der Waals surface area contributed by atoms with Crippen LogP contribution in [-0.4, -0.2) is 17.6 Å². The van der Waals surface area contributed by atoms with Gasteiger partial charge in [-0.15, -0.1) is 0 Å². The number of hydrogen-bond acceptors (Lipinski definition) is 3. The number of imide groups is 1. The summed E-state index contributed by atoms with van der Waals surface area (Å²) in [6.07, 6.45) is 6.20. The highest BCUT2D eigenvalue weighted by atomic mass is 79.9. The van der Waals surface area contributed by atoms with Crippen LogP contribution >= 0.6 is 15.9 Å². The van der Waals surface area contributed by atoms with Crippen LogP contribution in [0.25, 0.3) is 0 Å². The molecule has 96 valence electrons. The zero-order valence-corrected chi connectivity index (χ0v) is 11.7. The van der Waals surface area contributed by atoms with Gasteiger partial charge in [-0.2, -0.15) is 0 Å². The molecule has 0 aliphatic carbocycles. The lowest BCUT2D eigenvalue weighted by molar-refractivity contribution is -0.121. The van der Waals surface area contributed by atoms with Crippen LogP contribution in [-0.2, 0) is 9.59 Å². The average molecular weight is 320 g/mol. The third-order valence-corrected chi connectivity index (χ3v) is 3.10. The number of ketones is 1. The Morgan fingerprint density at radius 3 is 2.68 bits per heavy atom. The molecule has 0 saturated carbocycles. The zero-order chi connectivity index (χ0) is 14.0. The Hall–Kier alpha value is -2.01. The molecule has 0 atom stereocenters. The molecule has 0 unspecified atom stereocenters. The van der Waals surface area contributed by atoms with Gasteiger partial charge >= 0.3 is 5.91 Å². The number of allylic oxidation sites excluding steroid dienone is 3. The van der Waals surface area contributed by atoms with Gasteiger partial charge in [0, 0.05) is 10.5 Å². The number of Topliss-reactive ketones (excluding diaryl/α,β-unsaturated/α-hetero) is 1. The fourth-order valence-corrected chi connectivity index (χ4v) is 2.11. The molecular formula is C14H10BrNO3. The van der Waals surface area contributed by atoms with E-state index in [0.29, 0.717) is 10.2 Å². The van der Waals surface area contributed by atoms with E-state index < -0.39 is 17.6 Å². The predicted octanol–water partition coefficient (Wildman–Crippen LogP) is 2.64. The van der Waals surface area contributed by atoms with Crippen molar-refractivity contribution in [2.75, 3.05) is 4.90 Å². The first-order valence-corrected chi connectivity index (χ1v) is 6.37. The topological polar surface area (TPSA) is 54.5 Å². The summed E-state index contributed by atoms with van der Waals surface area (Å²) in [6, 6.07) is 4.79. The minimum absolute atomic E-state index is 0.243. The highest BCUT2D eigenvalue weighted by Crippen LogP contribution is 2.31.